The van der Waals surface area contributed by atoms with E-state index in [1.807, 2.05) is 17.1 Å². The summed E-state index contributed by atoms with van der Waals surface area (Å²) in [4.78, 5) is 0. The highest BCUT2D eigenvalue weighted by atomic mass is 16.5. The molecule has 0 atom stereocenters. The summed E-state index contributed by atoms with van der Waals surface area (Å²) < 4.78 is 7.91. The Morgan fingerprint density at radius 1 is 1.25 bits per heavy atom. The summed E-state index contributed by atoms with van der Waals surface area (Å²) >= 11 is 0. The molecule has 1 aliphatic rings. The highest BCUT2D eigenvalue weighted by Crippen LogP contribution is 2.24. The van der Waals surface area contributed by atoms with Crippen LogP contribution >= 0.6 is 0 Å². The van der Waals surface area contributed by atoms with Crippen LogP contribution in [0.25, 0.3) is 0 Å². The van der Waals surface area contributed by atoms with Crippen LogP contribution in [0.2, 0.25) is 0 Å². The zero-order valence-electron chi connectivity index (χ0n) is 10.6. The maximum Gasteiger partial charge on any atom is 0.157 e. The lowest BCUT2D eigenvalue weighted by atomic mass is 9.98. The van der Waals surface area contributed by atoms with Gasteiger partial charge in [-0.15, -0.1) is 0 Å². The first-order chi connectivity index (χ1) is 7.55. The first kappa shape index (κ1) is 11.5. The molecule has 0 bridgehead atoms. The van der Waals surface area contributed by atoms with Gasteiger partial charge in [0.25, 0.3) is 0 Å². The minimum Gasteiger partial charge on any atom is -0.487 e. The lowest BCUT2D eigenvalue weighted by Gasteiger charge is -2.22. The van der Waals surface area contributed by atoms with Crippen LogP contribution in [-0.2, 0) is 5.54 Å². The summed E-state index contributed by atoms with van der Waals surface area (Å²) in [5, 5.41) is 4.34. The molecule has 3 nitrogen and oxygen atoms in total. The van der Waals surface area contributed by atoms with Gasteiger partial charge in [0, 0.05) is 0 Å². The molecule has 16 heavy (non-hydrogen) atoms. The summed E-state index contributed by atoms with van der Waals surface area (Å²) in [6.45, 7) is 6.43. The van der Waals surface area contributed by atoms with Crippen molar-refractivity contribution in [1.29, 1.82) is 0 Å². The van der Waals surface area contributed by atoms with E-state index in [4.69, 9.17) is 4.74 Å². The van der Waals surface area contributed by atoms with Crippen molar-refractivity contribution in [1.82, 2.24) is 9.78 Å². The minimum absolute atomic E-state index is 0.0359. The summed E-state index contributed by atoms with van der Waals surface area (Å²) in [5.41, 5.74) is 0.0359. The first-order valence-corrected chi connectivity index (χ1v) is 6.27. The van der Waals surface area contributed by atoms with Gasteiger partial charge in [-0.2, -0.15) is 5.10 Å². The molecule has 0 spiro atoms. The number of rotatable bonds is 2. The van der Waals surface area contributed by atoms with E-state index in [9.17, 15) is 0 Å². The van der Waals surface area contributed by atoms with E-state index >= 15 is 0 Å². The molecule has 0 amide bonds. The molecule has 0 unspecified atom stereocenters. The van der Waals surface area contributed by atoms with Crippen LogP contribution in [0.1, 0.15) is 52.9 Å². The van der Waals surface area contributed by atoms with Gasteiger partial charge in [-0.3, -0.25) is 4.68 Å². The Balaban J connectivity index is 1.97. The quantitative estimate of drug-likeness (QED) is 0.767. The Kier molecular flexibility index (Phi) is 3.22. The zero-order chi connectivity index (χ0) is 11.6. The van der Waals surface area contributed by atoms with Gasteiger partial charge in [-0.25, -0.2) is 0 Å². The summed E-state index contributed by atoms with van der Waals surface area (Å²) in [7, 11) is 0. The molecular weight excluding hydrogens is 200 g/mol. The number of ether oxygens (including phenoxy) is 1. The predicted octanol–water partition coefficient (Wildman–Crippen LogP) is 3.35. The average molecular weight is 222 g/mol. The van der Waals surface area contributed by atoms with Crippen molar-refractivity contribution in [2.75, 3.05) is 0 Å². The van der Waals surface area contributed by atoms with Crippen LogP contribution in [0.15, 0.2) is 12.4 Å². The molecule has 90 valence electrons. The molecule has 1 aliphatic carbocycles. The van der Waals surface area contributed by atoms with Crippen molar-refractivity contribution in [2.45, 2.75) is 64.5 Å². The summed E-state index contributed by atoms with van der Waals surface area (Å²) in [6.07, 6.45) is 10.6. The standard InChI is InChI=1S/C13H22N2O/c1-13(2,3)15-10-12(9-14-15)16-11-7-5-4-6-8-11/h9-11H,4-8H2,1-3H3. The van der Waals surface area contributed by atoms with Gasteiger partial charge in [0.1, 0.15) is 0 Å². The topological polar surface area (TPSA) is 27.1 Å². The van der Waals surface area contributed by atoms with Crippen LogP contribution in [0, 0.1) is 0 Å². The van der Waals surface area contributed by atoms with Gasteiger partial charge in [0.2, 0.25) is 0 Å². The van der Waals surface area contributed by atoms with E-state index in [-0.39, 0.29) is 5.54 Å². The summed E-state index contributed by atoms with van der Waals surface area (Å²) in [5.74, 6) is 0.918. The van der Waals surface area contributed by atoms with Crippen LogP contribution < -0.4 is 4.74 Å². The molecule has 2 rings (SSSR count). The number of nitrogens with zero attached hydrogens (tertiary/aromatic N) is 2. The maximum atomic E-state index is 5.95. The molecule has 1 aromatic heterocycles. The predicted molar refractivity (Wildman–Crippen MR) is 64.7 cm³/mol. The highest BCUT2D eigenvalue weighted by molar-refractivity contribution is 5.13. The van der Waals surface area contributed by atoms with Gasteiger partial charge in [0.05, 0.1) is 24.0 Å². The highest BCUT2D eigenvalue weighted by Gasteiger charge is 2.18. The lowest BCUT2D eigenvalue weighted by molar-refractivity contribution is 0.154. The van der Waals surface area contributed by atoms with Crippen molar-refractivity contribution in [3.8, 4) is 5.75 Å². The normalized spacial score (nSPS) is 18.7. The smallest absolute Gasteiger partial charge is 0.157 e. The lowest BCUT2D eigenvalue weighted by Crippen LogP contribution is -2.22. The van der Waals surface area contributed by atoms with E-state index in [0.29, 0.717) is 6.10 Å². The van der Waals surface area contributed by atoms with Crippen molar-refractivity contribution < 1.29 is 4.74 Å². The second-order valence-electron chi connectivity index (χ2n) is 5.67. The fourth-order valence-corrected chi connectivity index (χ4v) is 2.11. The maximum absolute atomic E-state index is 5.95. The van der Waals surface area contributed by atoms with Crippen molar-refractivity contribution >= 4 is 0 Å². The largest absolute Gasteiger partial charge is 0.487 e. The van der Waals surface area contributed by atoms with Crippen molar-refractivity contribution in [3.05, 3.63) is 12.4 Å². The monoisotopic (exact) mass is 222 g/mol. The van der Waals surface area contributed by atoms with E-state index in [1.165, 1.54) is 32.1 Å². The van der Waals surface area contributed by atoms with Crippen LogP contribution in [0.3, 0.4) is 0 Å². The molecule has 0 N–H and O–H groups in total. The molecule has 0 saturated heterocycles. The molecule has 1 saturated carbocycles. The van der Waals surface area contributed by atoms with Gasteiger partial charge >= 0.3 is 0 Å². The molecule has 1 heterocycles. The third-order valence-corrected chi connectivity index (χ3v) is 3.10. The SMILES string of the molecule is CC(C)(C)n1cc(OC2CCCCC2)cn1. The second kappa shape index (κ2) is 4.48. The third-order valence-electron chi connectivity index (χ3n) is 3.10. The Bertz CT molecular complexity index is 332. The van der Waals surface area contributed by atoms with E-state index in [0.717, 1.165) is 5.75 Å². The van der Waals surface area contributed by atoms with Gasteiger partial charge in [0.15, 0.2) is 5.75 Å². The van der Waals surface area contributed by atoms with E-state index < -0.39 is 0 Å². The number of hydrogen-bond acceptors (Lipinski definition) is 2. The Morgan fingerprint density at radius 2 is 1.94 bits per heavy atom. The zero-order valence-corrected chi connectivity index (χ0v) is 10.6. The molecule has 0 radical (unpaired) electrons. The molecular formula is C13H22N2O. The fraction of sp³-hybridized carbons (Fsp3) is 0.769. The molecule has 3 heteroatoms. The minimum atomic E-state index is 0.0359. The van der Waals surface area contributed by atoms with Gasteiger partial charge in [-0.1, -0.05) is 6.42 Å². The van der Waals surface area contributed by atoms with Crippen LogP contribution in [-0.4, -0.2) is 15.9 Å². The van der Waals surface area contributed by atoms with Gasteiger partial charge in [-0.05, 0) is 46.5 Å². The third kappa shape index (κ3) is 2.77. The van der Waals surface area contributed by atoms with Crippen molar-refractivity contribution in [2.24, 2.45) is 0 Å². The Labute approximate surface area is 97.8 Å². The van der Waals surface area contributed by atoms with E-state index in [1.54, 1.807) is 0 Å². The van der Waals surface area contributed by atoms with Crippen molar-refractivity contribution in [3.63, 3.8) is 0 Å². The molecule has 1 fully saturated rings. The fourth-order valence-electron chi connectivity index (χ4n) is 2.11. The van der Waals surface area contributed by atoms with Crippen LogP contribution in [0.5, 0.6) is 5.75 Å². The average Bonchev–Trinajstić information content (AvgIpc) is 2.67. The van der Waals surface area contributed by atoms with E-state index in [2.05, 4.69) is 25.9 Å². The number of aromatic nitrogens is 2. The Morgan fingerprint density at radius 3 is 2.50 bits per heavy atom. The molecule has 0 aromatic carbocycles. The van der Waals surface area contributed by atoms with Crippen LogP contribution in [0.4, 0.5) is 0 Å². The molecule has 0 aliphatic heterocycles. The Hall–Kier alpha value is -0.990. The summed E-state index contributed by atoms with van der Waals surface area (Å²) in [6, 6.07) is 0. The first-order valence-electron chi connectivity index (χ1n) is 6.27. The second-order valence-corrected chi connectivity index (χ2v) is 5.67. The molecule has 1 aromatic rings. The number of hydrogen-bond donors (Lipinski definition) is 0. The van der Waals surface area contributed by atoms with Gasteiger partial charge < -0.3 is 4.74 Å².